The van der Waals surface area contributed by atoms with Crippen LogP contribution in [0, 0.1) is 0 Å². The molecule has 0 aliphatic rings. The van der Waals surface area contributed by atoms with E-state index in [1.54, 1.807) is 0 Å². The van der Waals surface area contributed by atoms with Crippen molar-refractivity contribution in [2.45, 2.75) is 4.90 Å². The molecule has 0 saturated carbocycles. The van der Waals surface area contributed by atoms with Crippen LogP contribution in [-0.4, -0.2) is 0 Å². The number of rotatable bonds is 0. The summed E-state index contributed by atoms with van der Waals surface area (Å²) in [4.78, 5) is 0.911. The summed E-state index contributed by atoms with van der Waals surface area (Å²) >= 11 is 8.61. The van der Waals surface area contributed by atoms with Crippen molar-refractivity contribution in [3.8, 4) is 0 Å². The summed E-state index contributed by atoms with van der Waals surface area (Å²) in [5.74, 6) is 0. The Bertz CT molecular complexity index is 428. The molecule has 0 nitrogen and oxygen atoms in total. The van der Waals surface area contributed by atoms with E-state index < -0.39 is 0 Å². The van der Waals surface area contributed by atoms with Crippen LogP contribution in [0.25, 0.3) is 10.8 Å². The second kappa shape index (κ2) is 4.76. The predicted molar refractivity (Wildman–Crippen MR) is 57.3 cm³/mol. The van der Waals surface area contributed by atoms with Crippen molar-refractivity contribution in [3.05, 3.63) is 40.9 Å². The van der Waals surface area contributed by atoms with Crippen molar-refractivity contribution >= 4 is 39.3 Å². The van der Waals surface area contributed by atoms with Gasteiger partial charge in [-0.3, -0.25) is 0 Å². The van der Waals surface area contributed by atoms with Gasteiger partial charge in [0.1, 0.15) is 0 Å². The summed E-state index contributed by atoms with van der Waals surface area (Å²) in [5.41, 5.74) is 0. The fraction of sp³-hybridized carbons (Fsp3) is 0. The van der Waals surface area contributed by atoms with Crippen LogP contribution < -0.4 is 29.6 Å². The molecule has 0 aromatic heterocycles. The van der Waals surface area contributed by atoms with Crippen LogP contribution in [-0.2, 0) is 12.6 Å². The van der Waals surface area contributed by atoms with E-state index in [2.05, 4.69) is 34.1 Å². The van der Waals surface area contributed by atoms with Crippen molar-refractivity contribution in [2.24, 2.45) is 0 Å². The van der Waals surface area contributed by atoms with Gasteiger partial charge < -0.3 is 12.6 Å². The molecule has 0 heterocycles. The minimum atomic E-state index is 0. The average molecular weight is 261 g/mol. The van der Waals surface area contributed by atoms with E-state index in [-0.39, 0.29) is 29.6 Å². The molecule has 0 unspecified atom stereocenters. The Hall–Kier alpha value is 0.400. The second-order valence-corrected chi connectivity index (χ2v) is 3.98. The predicted octanol–water partition coefficient (Wildman–Crippen LogP) is 0.512. The zero-order chi connectivity index (χ0) is 8.55. The summed E-state index contributed by atoms with van der Waals surface area (Å²) in [6.07, 6.45) is 0. The molecule has 2 rings (SSSR count). The van der Waals surface area contributed by atoms with Crippen LogP contribution in [0.1, 0.15) is 0 Å². The average Bonchev–Trinajstić information content (AvgIpc) is 2.07. The Morgan fingerprint density at radius 3 is 2.62 bits per heavy atom. The summed E-state index contributed by atoms with van der Waals surface area (Å²) in [6, 6.07) is 12.1. The van der Waals surface area contributed by atoms with Gasteiger partial charge in [-0.25, -0.2) is 0 Å². The molecular formula is C10H6BrNaS. The summed E-state index contributed by atoms with van der Waals surface area (Å²) in [5, 5.41) is 2.34. The van der Waals surface area contributed by atoms with Gasteiger partial charge in [0.15, 0.2) is 0 Å². The molecule has 0 aliphatic carbocycles. The molecule has 0 saturated heterocycles. The van der Waals surface area contributed by atoms with Gasteiger partial charge in [-0.05, 0) is 22.9 Å². The molecule has 0 fully saturated rings. The number of hydrogen-bond acceptors (Lipinski definition) is 1. The Labute approximate surface area is 114 Å². The van der Waals surface area contributed by atoms with Gasteiger partial charge in [0.25, 0.3) is 0 Å². The smallest absolute Gasteiger partial charge is 0.779 e. The van der Waals surface area contributed by atoms with Crippen molar-refractivity contribution in [1.29, 1.82) is 0 Å². The van der Waals surface area contributed by atoms with E-state index in [9.17, 15) is 0 Å². The Kier molecular flexibility index (Phi) is 4.20. The summed E-state index contributed by atoms with van der Waals surface area (Å²) in [6.45, 7) is 0. The number of fused-ring (bicyclic) bond motifs is 1. The molecule has 2 aromatic carbocycles. The SMILES string of the molecule is [Na+].[S-]c1cccc2ccc(Br)cc12. The number of hydrogen-bond donors (Lipinski definition) is 0. The van der Waals surface area contributed by atoms with Gasteiger partial charge in [0, 0.05) is 4.47 Å². The van der Waals surface area contributed by atoms with Crippen LogP contribution in [0.2, 0.25) is 0 Å². The Morgan fingerprint density at radius 2 is 1.85 bits per heavy atom. The van der Waals surface area contributed by atoms with Gasteiger partial charge in [-0.15, -0.1) is 0 Å². The summed E-state index contributed by atoms with van der Waals surface area (Å²) < 4.78 is 1.08. The topological polar surface area (TPSA) is 0 Å². The molecule has 0 atom stereocenters. The fourth-order valence-electron chi connectivity index (χ4n) is 1.22. The van der Waals surface area contributed by atoms with Gasteiger partial charge in [0.05, 0.1) is 0 Å². The van der Waals surface area contributed by atoms with Crippen LogP contribution in [0.5, 0.6) is 0 Å². The largest absolute Gasteiger partial charge is 1.00 e. The maximum absolute atomic E-state index is 5.19. The van der Waals surface area contributed by atoms with Crippen molar-refractivity contribution < 1.29 is 29.6 Å². The van der Waals surface area contributed by atoms with Gasteiger partial charge >= 0.3 is 29.6 Å². The number of benzene rings is 2. The van der Waals surface area contributed by atoms with Gasteiger partial charge in [-0.1, -0.05) is 40.2 Å². The molecule has 0 spiro atoms. The monoisotopic (exact) mass is 260 g/mol. The molecule has 0 radical (unpaired) electrons. The normalized spacial score (nSPS) is 9.62. The Morgan fingerprint density at radius 1 is 1.08 bits per heavy atom. The maximum atomic E-state index is 5.19. The first-order valence-electron chi connectivity index (χ1n) is 3.63. The first-order chi connectivity index (χ1) is 5.77. The molecule has 0 N–H and O–H groups in total. The third-order valence-corrected chi connectivity index (χ3v) is 2.65. The minimum absolute atomic E-state index is 0. The molecule has 13 heavy (non-hydrogen) atoms. The van der Waals surface area contributed by atoms with Crippen LogP contribution in [0.3, 0.4) is 0 Å². The first-order valence-corrected chi connectivity index (χ1v) is 4.83. The Balaban J connectivity index is 0.000000845. The zero-order valence-electron chi connectivity index (χ0n) is 7.25. The molecular weight excluding hydrogens is 255 g/mol. The van der Waals surface area contributed by atoms with E-state index in [1.165, 1.54) is 5.39 Å². The van der Waals surface area contributed by atoms with Gasteiger partial charge in [-0.2, -0.15) is 4.90 Å². The van der Waals surface area contributed by atoms with Crippen LogP contribution >= 0.6 is 15.9 Å². The molecule has 60 valence electrons. The van der Waals surface area contributed by atoms with E-state index >= 15 is 0 Å². The zero-order valence-corrected chi connectivity index (χ0v) is 11.7. The standard InChI is InChI=1S/C10H7BrS.Na/c11-8-5-4-7-2-1-3-10(12)9(7)6-8;/h1-6,12H;/q;+1/p-1. The third kappa shape index (κ3) is 2.45. The first kappa shape index (κ1) is 11.5. The van der Waals surface area contributed by atoms with E-state index in [0.29, 0.717) is 0 Å². The van der Waals surface area contributed by atoms with Crippen molar-refractivity contribution in [1.82, 2.24) is 0 Å². The van der Waals surface area contributed by atoms with Gasteiger partial charge in [0.2, 0.25) is 0 Å². The fourth-order valence-corrected chi connectivity index (χ4v) is 1.83. The van der Waals surface area contributed by atoms with Crippen LogP contribution in [0.15, 0.2) is 45.8 Å². The third-order valence-electron chi connectivity index (χ3n) is 1.80. The molecule has 3 heteroatoms. The van der Waals surface area contributed by atoms with E-state index in [1.807, 2.05) is 18.2 Å². The van der Waals surface area contributed by atoms with Crippen molar-refractivity contribution in [2.75, 3.05) is 0 Å². The molecule has 0 aliphatic heterocycles. The van der Waals surface area contributed by atoms with Crippen molar-refractivity contribution in [3.63, 3.8) is 0 Å². The molecule has 0 amide bonds. The maximum Gasteiger partial charge on any atom is 1.00 e. The minimum Gasteiger partial charge on any atom is -0.779 e. The van der Waals surface area contributed by atoms with E-state index in [0.717, 1.165) is 14.8 Å². The quantitative estimate of drug-likeness (QED) is 0.492. The summed E-state index contributed by atoms with van der Waals surface area (Å²) in [7, 11) is 0. The second-order valence-electron chi connectivity index (χ2n) is 2.62. The van der Waals surface area contributed by atoms with Crippen LogP contribution in [0.4, 0.5) is 0 Å². The molecule has 2 aromatic rings. The molecule has 0 bridgehead atoms. The van der Waals surface area contributed by atoms with E-state index in [4.69, 9.17) is 12.6 Å². The number of halogens is 1.